The molecule has 0 saturated heterocycles. The maximum absolute atomic E-state index is 12.3. The van der Waals surface area contributed by atoms with Crippen molar-refractivity contribution in [2.45, 2.75) is 37.8 Å². The summed E-state index contributed by atoms with van der Waals surface area (Å²) in [4.78, 5) is 15.2. The van der Waals surface area contributed by atoms with Crippen molar-refractivity contribution in [1.29, 1.82) is 0 Å². The van der Waals surface area contributed by atoms with Crippen molar-refractivity contribution in [1.82, 2.24) is 14.7 Å². The Morgan fingerprint density at radius 3 is 2.71 bits per heavy atom. The van der Waals surface area contributed by atoms with Crippen molar-refractivity contribution in [3.63, 3.8) is 0 Å². The molecule has 0 spiro atoms. The summed E-state index contributed by atoms with van der Waals surface area (Å²) in [7, 11) is -0.980. The van der Waals surface area contributed by atoms with E-state index >= 15 is 0 Å². The van der Waals surface area contributed by atoms with Crippen molar-refractivity contribution in [2.75, 3.05) is 18.8 Å². The number of hydrogen-bond donors (Lipinski definition) is 0. The Bertz CT molecular complexity index is 787. The molecule has 1 aromatic carbocycles. The van der Waals surface area contributed by atoms with Gasteiger partial charge in [0.05, 0.1) is 22.5 Å². The fourth-order valence-electron chi connectivity index (χ4n) is 2.94. The van der Waals surface area contributed by atoms with Gasteiger partial charge in [-0.1, -0.05) is 18.2 Å². The molecule has 0 saturated carbocycles. The van der Waals surface area contributed by atoms with Crippen LogP contribution in [0, 0.1) is 0 Å². The van der Waals surface area contributed by atoms with Gasteiger partial charge < -0.3 is 0 Å². The molecule has 2 heterocycles. The third kappa shape index (κ3) is 3.82. The van der Waals surface area contributed by atoms with Crippen LogP contribution in [0.2, 0.25) is 0 Å². The summed E-state index contributed by atoms with van der Waals surface area (Å²) in [5, 5.41) is 4.51. The molecular formula is C18H23N3O2S. The highest BCUT2D eigenvalue weighted by Crippen LogP contribution is 2.16. The molecular weight excluding hydrogens is 322 g/mol. The second kappa shape index (κ2) is 7.40. The molecule has 0 aliphatic carbocycles. The second-order valence-electron chi connectivity index (χ2n) is 6.38. The number of rotatable bonds is 5. The standard InChI is InChI=1S/C18H23N3O2S/c1-14(2)21-18(22)12-15-13-20(9-8-17(15)19-21)10-11-24(23)16-6-4-3-5-7-16/h3-7,12,14H,8-11,13H2,1-2H3/t24-/m1/s1. The Hall–Kier alpha value is -1.79. The maximum atomic E-state index is 12.3. The Kier molecular flexibility index (Phi) is 5.26. The Morgan fingerprint density at radius 2 is 2.00 bits per heavy atom. The molecule has 6 heteroatoms. The molecule has 1 aliphatic rings. The third-order valence-corrected chi connectivity index (χ3v) is 5.62. The minimum Gasteiger partial charge on any atom is -0.298 e. The van der Waals surface area contributed by atoms with Crippen LogP contribution in [0.25, 0.3) is 0 Å². The van der Waals surface area contributed by atoms with Crippen LogP contribution < -0.4 is 5.56 Å². The zero-order valence-electron chi connectivity index (χ0n) is 14.1. The van der Waals surface area contributed by atoms with Gasteiger partial charge in [-0.15, -0.1) is 0 Å². The van der Waals surface area contributed by atoms with E-state index < -0.39 is 10.8 Å². The number of hydrogen-bond acceptors (Lipinski definition) is 4. The first-order valence-corrected chi connectivity index (χ1v) is 9.64. The van der Waals surface area contributed by atoms with E-state index in [9.17, 15) is 9.00 Å². The van der Waals surface area contributed by atoms with Gasteiger partial charge in [-0.05, 0) is 31.5 Å². The molecule has 1 aliphatic heterocycles. The monoisotopic (exact) mass is 345 g/mol. The number of nitrogens with zero attached hydrogens (tertiary/aromatic N) is 3. The molecule has 0 bridgehead atoms. The lowest BCUT2D eigenvalue weighted by atomic mass is 10.1. The molecule has 0 radical (unpaired) electrons. The van der Waals surface area contributed by atoms with Crippen LogP contribution in [0.3, 0.4) is 0 Å². The summed E-state index contributed by atoms with van der Waals surface area (Å²) < 4.78 is 13.9. The van der Waals surface area contributed by atoms with E-state index in [4.69, 9.17) is 0 Å². The molecule has 128 valence electrons. The fourth-order valence-corrected chi connectivity index (χ4v) is 4.06. The molecule has 0 fully saturated rings. The second-order valence-corrected chi connectivity index (χ2v) is 7.95. The van der Waals surface area contributed by atoms with E-state index in [-0.39, 0.29) is 11.6 Å². The van der Waals surface area contributed by atoms with E-state index in [2.05, 4.69) is 10.00 Å². The lowest BCUT2D eigenvalue weighted by molar-refractivity contribution is 0.263. The maximum Gasteiger partial charge on any atom is 0.267 e. The summed E-state index contributed by atoms with van der Waals surface area (Å²) >= 11 is 0. The largest absolute Gasteiger partial charge is 0.298 e. The fraction of sp³-hybridized carbons (Fsp3) is 0.444. The third-order valence-electron chi connectivity index (χ3n) is 4.27. The van der Waals surface area contributed by atoms with E-state index in [1.54, 1.807) is 10.7 Å². The molecule has 0 amide bonds. The average molecular weight is 345 g/mol. The minimum atomic E-state index is -0.980. The molecule has 3 rings (SSSR count). The first kappa shape index (κ1) is 17.0. The van der Waals surface area contributed by atoms with Crippen LogP contribution >= 0.6 is 0 Å². The normalized spacial score (nSPS) is 16.1. The van der Waals surface area contributed by atoms with Gasteiger partial charge in [0.2, 0.25) is 0 Å². The predicted molar refractivity (Wildman–Crippen MR) is 95.6 cm³/mol. The first-order valence-electron chi connectivity index (χ1n) is 8.32. The van der Waals surface area contributed by atoms with Crippen LogP contribution in [0.15, 0.2) is 46.1 Å². The van der Waals surface area contributed by atoms with Crippen LogP contribution in [-0.2, 0) is 23.8 Å². The average Bonchev–Trinajstić information content (AvgIpc) is 2.59. The minimum absolute atomic E-state index is 0.0431. The summed E-state index contributed by atoms with van der Waals surface area (Å²) in [6, 6.07) is 11.3. The van der Waals surface area contributed by atoms with Crippen LogP contribution in [0.4, 0.5) is 0 Å². The topological polar surface area (TPSA) is 55.2 Å². The molecule has 24 heavy (non-hydrogen) atoms. The van der Waals surface area contributed by atoms with E-state index in [1.807, 2.05) is 44.2 Å². The molecule has 2 aromatic rings. The SMILES string of the molecule is CC(C)n1nc2c(cc1=O)CN(CC[S@@](=O)c1ccccc1)CC2. The molecule has 1 aromatic heterocycles. The van der Waals surface area contributed by atoms with Gasteiger partial charge in [0, 0.05) is 42.8 Å². The Labute approximate surface area is 144 Å². The molecule has 5 nitrogen and oxygen atoms in total. The van der Waals surface area contributed by atoms with Crippen LogP contribution in [0.1, 0.15) is 31.1 Å². The highest BCUT2D eigenvalue weighted by atomic mass is 32.2. The van der Waals surface area contributed by atoms with Gasteiger partial charge >= 0.3 is 0 Å². The summed E-state index contributed by atoms with van der Waals surface area (Å²) in [5.74, 6) is 0.607. The summed E-state index contributed by atoms with van der Waals surface area (Å²) in [6.07, 6.45) is 0.834. The molecule has 0 unspecified atom stereocenters. The molecule has 1 atom stereocenters. The van der Waals surface area contributed by atoms with Gasteiger partial charge in [-0.25, -0.2) is 4.68 Å². The quantitative estimate of drug-likeness (QED) is 0.832. The van der Waals surface area contributed by atoms with Crippen molar-refractivity contribution >= 4 is 10.8 Å². The summed E-state index contributed by atoms with van der Waals surface area (Å²) in [6.45, 7) is 6.29. The van der Waals surface area contributed by atoms with E-state index in [1.165, 1.54) is 0 Å². The van der Waals surface area contributed by atoms with E-state index in [0.29, 0.717) is 12.3 Å². The van der Waals surface area contributed by atoms with Gasteiger partial charge in [0.1, 0.15) is 0 Å². The van der Waals surface area contributed by atoms with Crippen LogP contribution in [-0.4, -0.2) is 37.7 Å². The van der Waals surface area contributed by atoms with E-state index in [0.717, 1.165) is 35.7 Å². The number of aromatic nitrogens is 2. The first-order chi connectivity index (χ1) is 11.5. The molecule has 0 N–H and O–H groups in total. The summed E-state index contributed by atoms with van der Waals surface area (Å²) in [5.41, 5.74) is 1.98. The Balaban J connectivity index is 1.64. The van der Waals surface area contributed by atoms with Crippen molar-refractivity contribution in [3.8, 4) is 0 Å². The smallest absolute Gasteiger partial charge is 0.267 e. The van der Waals surface area contributed by atoms with Crippen LogP contribution in [0.5, 0.6) is 0 Å². The predicted octanol–water partition coefficient (Wildman–Crippen LogP) is 1.99. The van der Waals surface area contributed by atoms with Crippen molar-refractivity contribution in [2.24, 2.45) is 0 Å². The van der Waals surface area contributed by atoms with Gasteiger partial charge in [-0.3, -0.25) is 13.9 Å². The zero-order chi connectivity index (χ0) is 17.1. The van der Waals surface area contributed by atoms with Gasteiger partial charge in [0.15, 0.2) is 0 Å². The van der Waals surface area contributed by atoms with Crippen molar-refractivity contribution < 1.29 is 4.21 Å². The van der Waals surface area contributed by atoms with Gasteiger partial charge in [0.25, 0.3) is 5.56 Å². The van der Waals surface area contributed by atoms with Gasteiger partial charge in [-0.2, -0.15) is 5.10 Å². The Morgan fingerprint density at radius 1 is 1.25 bits per heavy atom. The highest BCUT2D eigenvalue weighted by Gasteiger charge is 2.20. The number of fused-ring (bicyclic) bond motifs is 1. The lowest BCUT2D eigenvalue weighted by Crippen LogP contribution is -2.37. The highest BCUT2D eigenvalue weighted by molar-refractivity contribution is 7.85. The number of benzene rings is 1. The van der Waals surface area contributed by atoms with Crippen molar-refractivity contribution in [3.05, 3.63) is 58.0 Å². The zero-order valence-corrected chi connectivity index (χ0v) is 15.0. The lowest BCUT2D eigenvalue weighted by Gasteiger charge is -2.28.